The second-order valence-corrected chi connectivity index (χ2v) is 4.76. The van der Waals surface area contributed by atoms with Crippen molar-refractivity contribution in [3.63, 3.8) is 0 Å². The summed E-state index contributed by atoms with van der Waals surface area (Å²) >= 11 is 5.81. The van der Waals surface area contributed by atoms with Crippen LogP contribution in [-0.4, -0.2) is 24.3 Å². The summed E-state index contributed by atoms with van der Waals surface area (Å²) in [6, 6.07) is 6.75. The third kappa shape index (κ3) is 5.89. The molecule has 1 aromatic carbocycles. The summed E-state index contributed by atoms with van der Waals surface area (Å²) in [5.74, 6) is 0.280. The van der Waals surface area contributed by atoms with Crippen molar-refractivity contribution in [1.29, 1.82) is 0 Å². The van der Waals surface area contributed by atoms with Crippen LogP contribution in [0.15, 0.2) is 24.3 Å². The number of nitrogens with one attached hydrogen (secondary N) is 2. The maximum atomic E-state index is 11.5. The Morgan fingerprint density at radius 2 is 2.28 bits per heavy atom. The molecular formula is C13H19ClN2O2. The minimum atomic E-state index is -0.242. The molecule has 0 fully saturated rings. The molecule has 1 unspecified atom stereocenters. The number of rotatable bonds is 6. The summed E-state index contributed by atoms with van der Waals surface area (Å²) in [6.45, 7) is 2.76. The van der Waals surface area contributed by atoms with Gasteiger partial charge in [0.15, 0.2) is 0 Å². The van der Waals surface area contributed by atoms with Gasteiger partial charge in [-0.3, -0.25) is 0 Å². The number of benzene rings is 1. The zero-order chi connectivity index (χ0) is 13.4. The number of carbonyl (C=O) groups is 1. The third-order valence-electron chi connectivity index (χ3n) is 2.55. The van der Waals surface area contributed by atoms with E-state index in [1.54, 1.807) is 24.3 Å². The molecule has 0 aliphatic heterocycles. The molecule has 0 aliphatic carbocycles. The maximum absolute atomic E-state index is 11.5. The second-order valence-electron chi connectivity index (χ2n) is 4.32. The van der Waals surface area contributed by atoms with Crippen LogP contribution in [0.2, 0.25) is 5.02 Å². The topological polar surface area (TPSA) is 61.4 Å². The van der Waals surface area contributed by atoms with Gasteiger partial charge >= 0.3 is 6.03 Å². The lowest BCUT2D eigenvalue weighted by Gasteiger charge is -2.09. The molecule has 100 valence electrons. The van der Waals surface area contributed by atoms with E-state index in [9.17, 15) is 4.79 Å². The summed E-state index contributed by atoms with van der Waals surface area (Å²) in [5.41, 5.74) is 0.670. The van der Waals surface area contributed by atoms with Crippen molar-refractivity contribution in [3.8, 4) is 0 Å². The van der Waals surface area contributed by atoms with Crippen LogP contribution in [0, 0.1) is 5.92 Å². The zero-order valence-corrected chi connectivity index (χ0v) is 11.2. The van der Waals surface area contributed by atoms with Crippen LogP contribution in [0.4, 0.5) is 10.5 Å². The summed E-state index contributed by atoms with van der Waals surface area (Å²) < 4.78 is 0. The Kier molecular flexibility index (Phi) is 6.54. The molecule has 0 bridgehead atoms. The minimum Gasteiger partial charge on any atom is -0.396 e. The smallest absolute Gasteiger partial charge is 0.319 e. The molecule has 1 rings (SSSR count). The second kappa shape index (κ2) is 7.95. The number of aliphatic hydroxyl groups is 1. The van der Waals surface area contributed by atoms with Crippen molar-refractivity contribution in [2.75, 3.05) is 18.5 Å². The molecule has 3 N–H and O–H groups in total. The monoisotopic (exact) mass is 270 g/mol. The van der Waals surface area contributed by atoms with Crippen molar-refractivity contribution in [1.82, 2.24) is 5.32 Å². The highest BCUT2D eigenvalue weighted by Crippen LogP contribution is 2.14. The molecule has 0 saturated heterocycles. The molecule has 0 spiro atoms. The van der Waals surface area contributed by atoms with Gasteiger partial charge in [0.2, 0.25) is 0 Å². The number of hydrogen-bond donors (Lipinski definition) is 3. The number of hydrogen-bond acceptors (Lipinski definition) is 2. The summed E-state index contributed by atoms with van der Waals surface area (Å²) in [5, 5.41) is 14.9. The molecule has 1 atom stereocenters. The highest BCUT2D eigenvalue weighted by molar-refractivity contribution is 6.30. The Morgan fingerprint density at radius 3 is 2.94 bits per heavy atom. The first-order valence-electron chi connectivity index (χ1n) is 6.03. The molecule has 2 amide bonds. The van der Waals surface area contributed by atoms with Gasteiger partial charge in [-0.1, -0.05) is 24.6 Å². The van der Waals surface area contributed by atoms with Gasteiger partial charge in [0.1, 0.15) is 0 Å². The van der Waals surface area contributed by atoms with Crippen LogP contribution in [0.1, 0.15) is 19.8 Å². The van der Waals surface area contributed by atoms with Gasteiger partial charge in [-0.2, -0.15) is 0 Å². The highest BCUT2D eigenvalue weighted by Gasteiger charge is 2.03. The van der Waals surface area contributed by atoms with E-state index < -0.39 is 0 Å². The van der Waals surface area contributed by atoms with Crippen molar-refractivity contribution >= 4 is 23.3 Å². The fourth-order valence-electron chi connectivity index (χ4n) is 1.49. The summed E-state index contributed by atoms with van der Waals surface area (Å²) in [4.78, 5) is 11.5. The van der Waals surface area contributed by atoms with Gasteiger partial charge in [-0.15, -0.1) is 0 Å². The van der Waals surface area contributed by atoms with E-state index in [1.165, 1.54) is 0 Å². The summed E-state index contributed by atoms with van der Waals surface area (Å²) in [7, 11) is 0. The van der Waals surface area contributed by atoms with E-state index in [1.807, 2.05) is 6.92 Å². The molecule has 0 aromatic heterocycles. The number of anilines is 1. The maximum Gasteiger partial charge on any atom is 0.319 e. The Labute approximate surface area is 112 Å². The molecule has 5 heteroatoms. The molecule has 0 heterocycles. The van der Waals surface area contributed by atoms with Crippen molar-refractivity contribution in [2.45, 2.75) is 19.8 Å². The number of halogens is 1. The van der Waals surface area contributed by atoms with Gasteiger partial charge < -0.3 is 15.7 Å². The van der Waals surface area contributed by atoms with Crippen LogP contribution in [-0.2, 0) is 0 Å². The van der Waals surface area contributed by atoms with Gasteiger partial charge in [-0.05, 0) is 37.0 Å². The van der Waals surface area contributed by atoms with Gasteiger partial charge in [0.25, 0.3) is 0 Å². The molecule has 0 radical (unpaired) electrons. The molecule has 0 aliphatic rings. The van der Waals surface area contributed by atoms with Crippen molar-refractivity contribution in [2.24, 2.45) is 5.92 Å². The summed E-state index contributed by atoms with van der Waals surface area (Å²) in [6.07, 6.45) is 1.75. The van der Waals surface area contributed by atoms with E-state index in [0.717, 1.165) is 12.8 Å². The lowest BCUT2D eigenvalue weighted by Crippen LogP contribution is -2.29. The van der Waals surface area contributed by atoms with Gasteiger partial charge in [-0.25, -0.2) is 4.79 Å². The van der Waals surface area contributed by atoms with Gasteiger partial charge in [0, 0.05) is 23.9 Å². The average molecular weight is 271 g/mol. The minimum absolute atomic E-state index is 0.189. The number of amides is 2. The average Bonchev–Trinajstić information content (AvgIpc) is 2.34. The van der Waals surface area contributed by atoms with E-state index in [2.05, 4.69) is 10.6 Å². The fraction of sp³-hybridized carbons (Fsp3) is 0.462. The first-order chi connectivity index (χ1) is 8.61. The molecule has 0 saturated carbocycles. The molecular weight excluding hydrogens is 252 g/mol. The third-order valence-corrected chi connectivity index (χ3v) is 2.79. The first kappa shape index (κ1) is 14.8. The van der Waals surface area contributed by atoms with E-state index in [-0.39, 0.29) is 18.6 Å². The SMILES string of the molecule is CC(CO)CCCNC(=O)Nc1cccc(Cl)c1. The predicted octanol–water partition coefficient (Wildman–Crippen LogP) is 2.87. The van der Waals surface area contributed by atoms with E-state index in [0.29, 0.717) is 17.3 Å². The number of carbonyl (C=O) groups excluding carboxylic acids is 1. The van der Waals surface area contributed by atoms with Crippen molar-refractivity contribution in [3.05, 3.63) is 29.3 Å². The normalized spacial score (nSPS) is 11.9. The van der Waals surface area contributed by atoms with Crippen LogP contribution in [0.3, 0.4) is 0 Å². The van der Waals surface area contributed by atoms with Gasteiger partial charge in [0.05, 0.1) is 0 Å². The van der Waals surface area contributed by atoms with Crippen LogP contribution in [0.25, 0.3) is 0 Å². The van der Waals surface area contributed by atoms with E-state index in [4.69, 9.17) is 16.7 Å². The standard InChI is InChI=1S/C13H19ClN2O2/c1-10(9-17)4-3-7-15-13(18)16-12-6-2-5-11(14)8-12/h2,5-6,8,10,17H,3-4,7,9H2,1H3,(H2,15,16,18). The largest absolute Gasteiger partial charge is 0.396 e. The highest BCUT2D eigenvalue weighted by atomic mass is 35.5. The van der Waals surface area contributed by atoms with Crippen LogP contribution in [0.5, 0.6) is 0 Å². The lowest BCUT2D eigenvalue weighted by atomic mass is 10.1. The van der Waals surface area contributed by atoms with Crippen molar-refractivity contribution < 1.29 is 9.90 Å². The molecule has 1 aromatic rings. The lowest BCUT2D eigenvalue weighted by molar-refractivity contribution is 0.227. The Balaban J connectivity index is 2.22. The first-order valence-corrected chi connectivity index (χ1v) is 6.41. The Morgan fingerprint density at radius 1 is 1.50 bits per heavy atom. The molecule has 4 nitrogen and oxygen atoms in total. The zero-order valence-electron chi connectivity index (χ0n) is 10.4. The fourth-order valence-corrected chi connectivity index (χ4v) is 1.68. The molecule has 18 heavy (non-hydrogen) atoms. The Hall–Kier alpha value is -1.26. The predicted molar refractivity (Wildman–Crippen MR) is 74.0 cm³/mol. The van der Waals surface area contributed by atoms with Crippen LogP contribution < -0.4 is 10.6 Å². The van der Waals surface area contributed by atoms with Crippen LogP contribution >= 0.6 is 11.6 Å². The Bertz CT molecular complexity index is 385. The quantitative estimate of drug-likeness (QED) is 0.696. The number of urea groups is 1. The van der Waals surface area contributed by atoms with E-state index >= 15 is 0 Å². The number of aliphatic hydroxyl groups excluding tert-OH is 1.